The van der Waals surface area contributed by atoms with Gasteiger partial charge in [0.25, 0.3) is 0 Å². The molecule has 0 radical (unpaired) electrons. The molecule has 2 aromatic carbocycles. The van der Waals surface area contributed by atoms with Crippen LogP contribution < -0.4 is 11.1 Å². The van der Waals surface area contributed by atoms with Crippen molar-refractivity contribution in [1.29, 1.82) is 0 Å². The molecule has 0 bridgehead atoms. The molecule has 3 rings (SSSR count). The maximum atomic E-state index is 10.6. The normalized spacial score (nSPS) is 12.4. The molecule has 0 aliphatic rings. The number of anilines is 3. The number of likely N-dealkylation sites (N-methyl/N-ethyl adjacent to an activating group) is 1. The Kier molecular flexibility index (Phi) is 6.46. The first kappa shape index (κ1) is 20.8. The van der Waals surface area contributed by atoms with E-state index in [0.717, 1.165) is 33.8 Å². The van der Waals surface area contributed by atoms with Gasteiger partial charge in [-0.15, -0.1) is 0 Å². The lowest BCUT2D eigenvalue weighted by Crippen LogP contribution is -2.30. The molecular weight excluding hydrogens is 362 g/mol. The van der Waals surface area contributed by atoms with Crippen molar-refractivity contribution in [3.63, 3.8) is 0 Å². The summed E-state index contributed by atoms with van der Waals surface area (Å²) in [5, 5.41) is 13.9. The molecule has 1 aromatic heterocycles. The van der Waals surface area contributed by atoms with Crippen LogP contribution >= 0.6 is 0 Å². The van der Waals surface area contributed by atoms with Gasteiger partial charge in [0.05, 0.1) is 11.8 Å². The number of nitrogen functional groups attached to an aromatic ring is 1. The van der Waals surface area contributed by atoms with E-state index in [1.807, 2.05) is 62.5 Å². The summed E-state index contributed by atoms with van der Waals surface area (Å²) in [7, 11) is 2.01. The van der Waals surface area contributed by atoms with E-state index in [1.165, 1.54) is 6.33 Å². The van der Waals surface area contributed by atoms with Crippen LogP contribution in [0, 0.1) is 6.92 Å². The number of aliphatic hydroxyl groups is 1. The van der Waals surface area contributed by atoms with Crippen LogP contribution in [0.3, 0.4) is 0 Å². The van der Waals surface area contributed by atoms with Gasteiger partial charge < -0.3 is 21.1 Å². The Morgan fingerprint density at radius 1 is 1.10 bits per heavy atom. The van der Waals surface area contributed by atoms with Gasteiger partial charge in [0.2, 0.25) is 0 Å². The summed E-state index contributed by atoms with van der Waals surface area (Å²) in [5.41, 5.74) is 11.3. The molecule has 152 valence electrons. The van der Waals surface area contributed by atoms with E-state index in [4.69, 9.17) is 5.73 Å². The molecule has 3 aromatic rings. The van der Waals surface area contributed by atoms with Gasteiger partial charge in [-0.25, -0.2) is 9.97 Å². The highest BCUT2D eigenvalue weighted by Crippen LogP contribution is 2.27. The zero-order valence-corrected chi connectivity index (χ0v) is 17.4. The minimum Gasteiger partial charge on any atom is -0.398 e. The van der Waals surface area contributed by atoms with Gasteiger partial charge in [0, 0.05) is 35.6 Å². The van der Waals surface area contributed by atoms with E-state index >= 15 is 0 Å². The molecule has 6 heteroatoms. The van der Waals surface area contributed by atoms with E-state index in [-0.39, 0.29) is 0 Å². The third-order valence-corrected chi connectivity index (χ3v) is 5.21. The second-order valence-corrected chi connectivity index (χ2v) is 7.61. The van der Waals surface area contributed by atoms with E-state index in [9.17, 15) is 5.11 Å². The second-order valence-electron chi connectivity index (χ2n) is 7.61. The van der Waals surface area contributed by atoms with Crippen LogP contribution in [0.1, 0.15) is 31.1 Å². The number of nitrogens with one attached hydrogen (secondary N) is 1. The Morgan fingerprint density at radius 2 is 1.86 bits per heavy atom. The maximum Gasteiger partial charge on any atom is 0.134 e. The van der Waals surface area contributed by atoms with Crippen molar-refractivity contribution < 1.29 is 5.11 Å². The predicted molar refractivity (Wildman–Crippen MR) is 119 cm³/mol. The lowest BCUT2D eigenvalue weighted by atomic mass is 10.0. The highest BCUT2D eigenvalue weighted by molar-refractivity contribution is 5.72. The lowest BCUT2D eigenvalue weighted by molar-refractivity contribution is 0.112. The van der Waals surface area contributed by atoms with E-state index in [0.29, 0.717) is 18.4 Å². The van der Waals surface area contributed by atoms with Crippen molar-refractivity contribution in [3.05, 3.63) is 66.0 Å². The topological polar surface area (TPSA) is 87.3 Å². The van der Waals surface area contributed by atoms with Crippen LogP contribution in [-0.2, 0) is 0 Å². The maximum absolute atomic E-state index is 10.6. The van der Waals surface area contributed by atoms with Gasteiger partial charge in [0.1, 0.15) is 12.1 Å². The summed E-state index contributed by atoms with van der Waals surface area (Å²) in [4.78, 5) is 10.9. The number of hydrogen-bond donors (Lipinski definition) is 3. The van der Waals surface area contributed by atoms with Crippen LogP contribution in [-0.4, -0.2) is 39.6 Å². The van der Waals surface area contributed by atoms with Crippen molar-refractivity contribution in [2.24, 2.45) is 0 Å². The molecule has 0 saturated heterocycles. The molecule has 6 nitrogen and oxygen atoms in total. The van der Waals surface area contributed by atoms with Gasteiger partial charge in [-0.05, 0) is 57.1 Å². The minimum absolute atomic E-state index is 0.376. The average molecular weight is 392 g/mol. The number of aromatic nitrogens is 2. The fourth-order valence-corrected chi connectivity index (χ4v) is 3.06. The van der Waals surface area contributed by atoms with Gasteiger partial charge in [-0.2, -0.15) is 0 Å². The highest BCUT2D eigenvalue weighted by atomic mass is 16.3. The van der Waals surface area contributed by atoms with Crippen molar-refractivity contribution >= 4 is 17.2 Å². The van der Waals surface area contributed by atoms with E-state index in [1.54, 1.807) is 0 Å². The summed E-state index contributed by atoms with van der Waals surface area (Å²) >= 11 is 0. The minimum atomic E-state index is -0.556. The predicted octanol–water partition coefficient (Wildman–Crippen LogP) is 4.15. The number of nitrogens with two attached hydrogens (primary N) is 1. The number of benzene rings is 2. The SMILES string of the molecule is Cc1c(N)cccc1-c1cc(Nc2cccc(C(O)CN(C)C(C)C)c2)ncn1. The third kappa shape index (κ3) is 5.10. The molecule has 1 atom stereocenters. The van der Waals surface area contributed by atoms with Crippen LogP contribution in [0.2, 0.25) is 0 Å². The van der Waals surface area contributed by atoms with Crippen LogP contribution in [0.15, 0.2) is 54.9 Å². The summed E-state index contributed by atoms with van der Waals surface area (Å²) < 4.78 is 0. The highest BCUT2D eigenvalue weighted by Gasteiger charge is 2.13. The molecule has 1 unspecified atom stereocenters. The summed E-state index contributed by atoms with van der Waals surface area (Å²) in [6, 6.07) is 15.9. The van der Waals surface area contributed by atoms with E-state index in [2.05, 4.69) is 34.0 Å². The van der Waals surface area contributed by atoms with Gasteiger partial charge in [-0.3, -0.25) is 0 Å². The summed E-state index contributed by atoms with van der Waals surface area (Å²) in [6.45, 7) is 6.78. The zero-order valence-electron chi connectivity index (χ0n) is 17.4. The molecule has 0 aliphatic carbocycles. The summed E-state index contributed by atoms with van der Waals surface area (Å²) in [6.07, 6.45) is 0.983. The first-order valence-corrected chi connectivity index (χ1v) is 9.78. The second kappa shape index (κ2) is 9.03. The Hall–Kier alpha value is -2.96. The molecule has 0 amide bonds. The molecule has 4 N–H and O–H groups in total. The number of aliphatic hydroxyl groups excluding tert-OH is 1. The van der Waals surface area contributed by atoms with Gasteiger partial charge >= 0.3 is 0 Å². The fraction of sp³-hybridized carbons (Fsp3) is 0.304. The molecule has 1 heterocycles. The standard InChI is InChI=1S/C23H29N5O/c1-15(2)28(4)13-22(29)17-7-5-8-18(11-17)27-23-12-21(25-14-26-23)19-9-6-10-20(24)16(19)3/h5-12,14-15,22,29H,13,24H2,1-4H3,(H,25,26,27). The first-order valence-electron chi connectivity index (χ1n) is 9.78. The third-order valence-electron chi connectivity index (χ3n) is 5.21. The molecular formula is C23H29N5O. The largest absolute Gasteiger partial charge is 0.398 e. The smallest absolute Gasteiger partial charge is 0.134 e. The van der Waals surface area contributed by atoms with Crippen molar-refractivity contribution in [2.75, 3.05) is 24.6 Å². The average Bonchev–Trinajstić information content (AvgIpc) is 2.70. The van der Waals surface area contributed by atoms with Crippen LogP contribution in [0.4, 0.5) is 17.2 Å². The molecule has 0 saturated carbocycles. The molecule has 29 heavy (non-hydrogen) atoms. The Balaban J connectivity index is 1.80. The number of rotatable bonds is 7. The number of hydrogen-bond acceptors (Lipinski definition) is 6. The Morgan fingerprint density at radius 3 is 2.62 bits per heavy atom. The fourth-order valence-electron chi connectivity index (χ4n) is 3.06. The number of nitrogens with zero attached hydrogens (tertiary/aromatic N) is 3. The zero-order chi connectivity index (χ0) is 21.0. The molecule has 0 spiro atoms. The van der Waals surface area contributed by atoms with Crippen LogP contribution in [0.5, 0.6) is 0 Å². The van der Waals surface area contributed by atoms with Gasteiger partial charge in [-0.1, -0.05) is 24.3 Å². The quantitative estimate of drug-likeness (QED) is 0.525. The van der Waals surface area contributed by atoms with Crippen molar-refractivity contribution in [3.8, 4) is 11.3 Å². The monoisotopic (exact) mass is 391 g/mol. The van der Waals surface area contributed by atoms with Crippen molar-refractivity contribution in [2.45, 2.75) is 32.9 Å². The van der Waals surface area contributed by atoms with Crippen molar-refractivity contribution in [1.82, 2.24) is 14.9 Å². The summed E-state index contributed by atoms with van der Waals surface area (Å²) in [5.74, 6) is 0.683. The molecule has 0 aliphatic heterocycles. The van der Waals surface area contributed by atoms with Crippen LogP contribution in [0.25, 0.3) is 11.3 Å². The van der Waals surface area contributed by atoms with Gasteiger partial charge in [0.15, 0.2) is 0 Å². The Bertz CT molecular complexity index is 973. The lowest BCUT2D eigenvalue weighted by Gasteiger charge is -2.24. The molecule has 0 fully saturated rings. The first-order chi connectivity index (χ1) is 13.8. The Labute approximate surface area is 172 Å². The van der Waals surface area contributed by atoms with E-state index < -0.39 is 6.10 Å².